The highest BCUT2D eigenvalue weighted by atomic mass is 16.4. The van der Waals surface area contributed by atoms with Crippen LogP contribution < -0.4 is 5.73 Å². The maximum Gasteiger partial charge on any atom is 0.326 e. The van der Waals surface area contributed by atoms with Crippen molar-refractivity contribution < 1.29 is 14.7 Å². The van der Waals surface area contributed by atoms with Crippen LogP contribution in [-0.4, -0.2) is 34.5 Å². The Kier molecular flexibility index (Phi) is 4.32. The van der Waals surface area contributed by atoms with Crippen LogP contribution in [-0.2, 0) is 22.6 Å². The smallest absolute Gasteiger partial charge is 0.326 e. The summed E-state index contributed by atoms with van der Waals surface area (Å²) in [6.07, 6.45) is 0.939. The molecule has 5 heteroatoms. The summed E-state index contributed by atoms with van der Waals surface area (Å²) in [5.74, 6) is -1.14. The summed E-state index contributed by atoms with van der Waals surface area (Å²) in [5.41, 5.74) is 7.05. The fraction of sp³-hybridized carbons (Fsp3) is 0.500. The molecule has 1 aliphatic heterocycles. The second kappa shape index (κ2) is 5.85. The lowest BCUT2D eigenvalue weighted by Crippen LogP contribution is -2.54. The van der Waals surface area contributed by atoms with Crippen LogP contribution in [0.5, 0.6) is 0 Å². The number of fused-ring (bicyclic) bond motifs is 1. The predicted octanol–water partition coefficient (Wildman–Crippen LogP) is 1.40. The molecular weight excluding hydrogens is 268 g/mol. The number of hydrogen-bond acceptors (Lipinski definition) is 3. The van der Waals surface area contributed by atoms with E-state index in [4.69, 9.17) is 5.73 Å². The SMILES string of the molecule is CCC(C)(CN)C(=O)N1Cc2ccccc2C[C@H]1C(=O)O. The molecule has 114 valence electrons. The Morgan fingerprint density at radius 2 is 2.00 bits per heavy atom. The molecule has 2 rings (SSSR count). The van der Waals surface area contributed by atoms with Gasteiger partial charge >= 0.3 is 5.97 Å². The van der Waals surface area contributed by atoms with Gasteiger partial charge in [0.25, 0.3) is 0 Å². The summed E-state index contributed by atoms with van der Waals surface area (Å²) in [5, 5.41) is 9.47. The van der Waals surface area contributed by atoms with E-state index in [1.54, 1.807) is 6.92 Å². The van der Waals surface area contributed by atoms with Gasteiger partial charge in [-0.15, -0.1) is 0 Å². The minimum atomic E-state index is -0.965. The number of carbonyl (C=O) groups is 2. The molecule has 0 saturated heterocycles. The van der Waals surface area contributed by atoms with E-state index < -0.39 is 17.4 Å². The van der Waals surface area contributed by atoms with Crippen molar-refractivity contribution in [1.82, 2.24) is 4.90 Å². The Morgan fingerprint density at radius 1 is 1.38 bits per heavy atom. The average Bonchev–Trinajstić information content (AvgIpc) is 2.52. The first-order chi connectivity index (χ1) is 9.92. The van der Waals surface area contributed by atoms with Gasteiger partial charge in [0, 0.05) is 19.5 Å². The van der Waals surface area contributed by atoms with Crippen molar-refractivity contribution >= 4 is 11.9 Å². The molecule has 0 bridgehead atoms. The Balaban J connectivity index is 2.37. The molecule has 0 radical (unpaired) electrons. The summed E-state index contributed by atoms with van der Waals surface area (Å²) in [6.45, 7) is 4.25. The Labute approximate surface area is 124 Å². The second-order valence-corrected chi connectivity index (χ2v) is 5.88. The molecule has 1 aliphatic rings. The molecule has 21 heavy (non-hydrogen) atoms. The lowest BCUT2D eigenvalue weighted by molar-refractivity contribution is -0.156. The number of aliphatic carboxylic acids is 1. The van der Waals surface area contributed by atoms with Crippen molar-refractivity contribution in [3.8, 4) is 0 Å². The van der Waals surface area contributed by atoms with Crippen molar-refractivity contribution in [2.24, 2.45) is 11.1 Å². The van der Waals surface area contributed by atoms with Gasteiger partial charge in [-0.3, -0.25) is 4.79 Å². The fourth-order valence-electron chi connectivity index (χ4n) is 2.69. The summed E-state index contributed by atoms with van der Waals surface area (Å²) >= 11 is 0. The number of nitrogens with two attached hydrogens (primary N) is 1. The predicted molar refractivity (Wildman–Crippen MR) is 79.6 cm³/mol. The lowest BCUT2D eigenvalue weighted by Gasteiger charge is -2.39. The Morgan fingerprint density at radius 3 is 2.52 bits per heavy atom. The van der Waals surface area contributed by atoms with E-state index in [1.165, 1.54) is 4.90 Å². The van der Waals surface area contributed by atoms with E-state index in [-0.39, 0.29) is 12.5 Å². The van der Waals surface area contributed by atoms with E-state index in [0.29, 0.717) is 19.4 Å². The van der Waals surface area contributed by atoms with Gasteiger partial charge in [-0.05, 0) is 24.5 Å². The average molecular weight is 290 g/mol. The van der Waals surface area contributed by atoms with Crippen LogP contribution in [0.15, 0.2) is 24.3 Å². The number of carboxylic acids is 1. The topological polar surface area (TPSA) is 83.6 Å². The largest absolute Gasteiger partial charge is 0.480 e. The van der Waals surface area contributed by atoms with E-state index in [9.17, 15) is 14.7 Å². The van der Waals surface area contributed by atoms with Gasteiger partial charge in [0.05, 0.1) is 5.41 Å². The molecule has 0 saturated carbocycles. The van der Waals surface area contributed by atoms with Crippen LogP contribution in [0.2, 0.25) is 0 Å². The molecule has 1 amide bonds. The molecule has 1 unspecified atom stereocenters. The third-order valence-corrected chi connectivity index (χ3v) is 4.54. The van der Waals surface area contributed by atoms with Crippen LogP contribution in [0.3, 0.4) is 0 Å². The van der Waals surface area contributed by atoms with Crippen molar-refractivity contribution in [2.75, 3.05) is 6.54 Å². The fourth-order valence-corrected chi connectivity index (χ4v) is 2.69. The zero-order chi connectivity index (χ0) is 15.6. The van der Waals surface area contributed by atoms with Gasteiger partial charge in [0.15, 0.2) is 0 Å². The highest BCUT2D eigenvalue weighted by Gasteiger charge is 2.41. The molecule has 0 aromatic heterocycles. The molecule has 2 atom stereocenters. The summed E-state index contributed by atoms with van der Waals surface area (Å²) in [7, 11) is 0. The minimum absolute atomic E-state index is 0.172. The first-order valence-electron chi connectivity index (χ1n) is 7.23. The number of carbonyl (C=O) groups excluding carboxylic acids is 1. The zero-order valence-corrected chi connectivity index (χ0v) is 12.5. The van der Waals surface area contributed by atoms with Gasteiger partial charge < -0.3 is 15.7 Å². The minimum Gasteiger partial charge on any atom is -0.480 e. The third-order valence-electron chi connectivity index (χ3n) is 4.54. The molecule has 3 N–H and O–H groups in total. The second-order valence-electron chi connectivity index (χ2n) is 5.88. The van der Waals surface area contributed by atoms with Gasteiger partial charge in [0.2, 0.25) is 5.91 Å². The van der Waals surface area contributed by atoms with Crippen LogP contribution >= 0.6 is 0 Å². The Hall–Kier alpha value is -1.88. The Bertz CT molecular complexity index is 552. The van der Waals surface area contributed by atoms with Crippen LogP contribution in [0.1, 0.15) is 31.4 Å². The molecule has 0 fully saturated rings. The van der Waals surface area contributed by atoms with Crippen molar-refractivity contribution in [1.29, 1.82) is 0 Å². The van der Waals surface area contributed by atoms with Crippen molar-refractivity contribution in [3.05, 3.63) is 35.4 Å². The third kappa shape index (κ3) is 2.78. The van der Waals surface area contributed by atoms with Crippen LogP contribution in [0, 0.1) is 5.41 Å². The standard InChI is InChI=1S/C16H22N2O3/c1-3-16(2,10-17)15(21)18-9-12-7-5-4-6-11(12)8-13(18)14(19)20/h4-7,13H,3,8-10,17H2,1-2H3,(H,19,20)/t13-,16?/m0/s1. The lowest BCUT2D eigenvalue weighted by atomic mass is 9.83. The molecule has 5 nitrogen and oxygen atoms in total. The highest BCUT2D eigenvalue weighted by Crippen LogP contribution is 2.30. The maximum atomic E-state index is 12.8. The van der Waals surface area contributed by atoms with Gasteiger partial charge in [-0.2, -0.15) is 0 Å². The number of carboxylic acid groups (broad SMARTS) is 1. The van der Waals surface area contributed by atoms with Gasteiger partial charge in [-0.1, -0.05) is 31.2 Å². The summed E-state index contributed by atoms with van der Waals surface area (Å²) in [4.78, 5) is 25.8. The van der Waals surface area contributed by atoms with Crippen molar-refractivity contribution in [3.63, 3.8) is 0 Å². The quantitative estimate of drug-likeness (QED) is 0.878. The highest BCUT2D eigenvalue weighted by molar-refractivity contribution is 5.88. The molecule has 0 aliphatic carbocycles. The molecule has 0 spiro atoms. The first-order valence-corrected chi connectivity index (χ1v) is 7.23. The molecule has 1 heterocycles. The zero-order valence-electron chi connectivity index (χ0n) is 12.5. The molecular formula is C16H22N2O3. The molecule has 1 aromatic rings. The van der Waals surface area contributed by atoms with Crippen molar-refractivity contribution in [2.45, 2.75) is 39.3 Å². The van der Waals surface area contributed by atoms with E-state index in [0.717, 1.165) is 11.1 Å². The van der Waals surface area contributed by atoms with E-state index in [1.807, 2.05) is 31.2 Å². The summed E-state index contributed by atoms with van der Waals surface area (Å²) < 4.78 is 0. The van der Waals surface area contributed by atoms with E-state index >= 15 is 0 Å². The number of nitrogens with zero attached hydrogens (tertiary/aromatic N) is 1. The summed E-state index contributed by atoms with van der Waals surface area (Å²) in [6, 6.07) is 6.86. The van der Waals surface area contributed by atoms with Crippen LogP contribution in [0.4, 0.5) is 0 Å². The normalized spacial score (nSPS) is 20.5. The van der Waals surface area contributed by atoms with Gasteiger partial charge in [0.1, 0.15) is 6.04 Å². The van der Waals surface area contributed by atoms with Gasteiger partial charge in [-0.25, -0.2) is 4.79 Å². The van der Waals surface area contributed by atoms with E-state index in [2.05, 4.69) is 0 Å². The first kappa shape index (κ1) is 15.5. The molecule has 1 aromatic carbocycles. The number of hydrogen-bond donors (Lipinski definition) is 2. The van der Waals surface area contributed by atoms with Crippen LogP contribution in [0.25, 0.3) is 0 Å². The monoisotopic (exact) mass is 290 g/mol. The number of rotatable bonds is 4. The number of amides is 1. The maximum absolute atomic E-state index is 12.8. The number of benzene rings is 1.